The summed E-state index contributed by atoms with van der Waals surface area (Å²) in [6.45, 7) is 1.90. The van der Waals surface area contributed by atoms with Gasteiger partial charge in [0.2, 0.25) is 5.79 Å². The van der Waals surface area contributed by atoms with Crippen LogP contribution in [0.15, 0.2) is 0 Å². The normalized spacial score (nSPS) is 37.3. The number of esters is 2. The molecule has 2 aliphatic heterocycles. The molecule has 2 heterocycles. The Morgan fingerprint density at radius 3 is 1.86 bits per heavy atom. The van der Waals surface area contributed by atoms with Gasteiger partial charge in [0.1, 0.15) is 62.5 Å². The first kappa shape index (κ1) is 29.8. The van der Waals surface area contributed by atoms with Crippen molar-refractivity contribution >= 4 is 11.9 Å². The summed E-state index contributed by atoms with van der Waals surface area (Å²) in [6, 6.07) is 0. The number of hydrogen-bond acceptors (Lipinski definition) is 13. The monoisotopic (exact) mass is 510 g/mol. The van der Waals surface area contributed by atoms with Crippen molar-refractivity contribution in [2.75, 3.05) is 19.8 Å². The van der Waals surface area contributed by atoms with E-state index in [0.717, 1.165) is 12.8 Å². The lowest BCUT2D eigenvalue weighted by molar-refractivity contribution is -0.383. The van der Waals surface area contributed by atoms with Crippen LogP contribution in [-0.2, 0) is 33.3 Å². The molecular weight excluding hydrogens is 472 g/mol. The Balaban J connectivity index is 2.05. The number of carbonyl (C=O) groups is 2. The molecule has 0 aromatic carbocycles. The molecular formula is C22H38O13. The van der Waals surface area contributed by atoms with Gasteiger partial charge < -0.3 is 54.3 Å². The van der Waals surface area contributed by atoms with Crippen LogP contribution in [0.4, 0.5) is 0 Å². The second kappa shape index (κ2) is 13.8. The predicted molar refractivity (Wildman–Crippen MR) is 115 cm³/mol. The number of unbranched alkanes of at least 4 members (excludes halogenated alkanes) is 2. The van der Waals surface area contributed by atoms with Gasteiger partial charge in [-0.15, -0.1) is 0 Å². The summed E-state index contributed by atoms with van der Waals surface area (Å²) < 4.78 is 26.6. The number of aliphatic hydroxyl groups is 6. The van der Waals surface area contributed by atoms with E-state index in [4.69, 9.17) is 23.7 Å². The van der Waals surface area contributed by atoms with Crippen LogP contribution < -0.4 is 0 Å². The van der Waals surface area contributed by atoms with Gasteiger partial charge in [-0.25, -0.2) is 0 Å². The molecule has 204 valence electrons. The average Bonchev–Trinajstić information content (AvgIpc) is 3.09. The van der Waals surface area contributed by atoms with Crippen LogP contribution in [0.25, 0.3) is 0 Å². The minimum Gasteiger partial charge on any atom is -0.463 e. The van der Waals surface area contributed by atoms with E-state index in [1.165, 1.54) is 0 Å². The van der Waals surface area contributed by atoms with Gasteiger partial charge in [0.15, 0.2) is 6.29 Å². The highest BCUT2D eigenvalue weighted by Gasteiger charge is 2.58. The Labute approximate surface area is 203 Å². The molecule has 35 heavy (non-hydrogen) atoms. The fourth-order valence-corrected chi connectivity index (χ4v) is 3.74. The molecule has 0 bridgehead atoms. The summed E-state index contributed by atoms with van der Waals surface area (Å²) in [5.74, 6) is -3.38. The zero-order valence-corrected chi connectivity index (χ0v) is 20.0. The second-order valence-corrected chi connectivity index (χ2v) is 8.77. The molecule has 0 unspecified atom stereocenters. The molecule has 6 N–H and O–H groups in total. The average molecular weight is 511 g/mol. The second-order valence-electron chi connectivity index (χ2n) is 8.77. The van der Waals surface area contributed by atoms with Crippen LogP contribution in [-0.4, -0.2) is 117 Å². The van der Waals surface area contributed by atoms with Crippen molar-refractivity contribution in [3.63, 3.8) is 0 Å². The van der Waals surface area contributed by atoms with Crippen LogP contribution >= 0.6 is 0 Å². The van der Waals surface area contributed by atoms with E-state index in [9.17, 15) is 40.2 Å². The molecule has 9 atom stereocenters. The Morgan fingerprint density at radius 1 is 0.800 bits per heavy atom. The lowest BCUT2D eigenvalue weighted by Crippen LogP contribution is -2.62. The molecule has 2 aliphatic rings. The largest absolute Gasteiger partial charge is 0.463 e. The highest BCUT2D eigenvalue weighted by molar-refractivity contribution is 5.69. The maximum Gasteiger partial charge on any atom is 0.305 e. The predicted octanol–water partition coefficient (Wildman–Crippen LogP) is -1.91. The molecule has 13 nitrogen and oxygen atoms in total. The summed E-state index contributed by atoms with van der Waals surface area (Å²) in [4.78, 5) is 23.6. The van der Waals surface area contributed by atoms with Crippen molar-refractivity contribution in [3.8, 4) is 0 Å². The lowest BCUT2D eigenvalue weighted by Gasteiger charge is -2.43. The third-order valence-electron chi connectivity index (χ3n) is 6.00. The molecule has 0 aromatic rings. The Morgan fingerprint density at radius 2 is 1.34 bits per heavy atom. The molecule has 0 radical (unpaired) electrons. The van der Waals surface area contributed by atoms with Gasteiger partial charge in [0.05, 0.1) is 0 Å². The first-order valence-corrected chi connectivity index (χ1v) is 11.9. The molecule has 0 aromatic heterocycles. The van der Waals surface area contributed by atoms with Crippen LogP contribution in [0.2, 0.25) is 0 Å². The molecule has 0 saturated carbocycles. The van der Waals surface area contributed by atoms with Gasteiger partial charge in [-0.05, 0) is 12.8 Å². The Hall–Kier alpha value is -1.42. The molecule has 2 rings (SSSR count). The van der Waals surface area contributed by atoms with Gasteiger partial charge in [0.25, 0.3) is 0 Å². The first-order chi connectivity index (χ1) is 16.6. The van der Waals surface area contributed by atoms with Gasteiger partial charge in [-0.3, -0.25) is 9.59 Å². The van der Waals surface area contributed by atoms with E-state index < -0.39 is 86.6 Å². The zero-order valence-electron chi connectivity index (χ0n) is 20.0. The van der Waals surface area contributed by atoms with E-state index >= 15 is 0 Å². The van der Waals surface area contributed by atoms with Gasteiger partial charge >= 0.3 is 11.9 Å². The smallest absolute Gasteiger partial charge is 0.305 e. The molecule has 13 heteroatoms. The van der Waals surface area contributed by atoms with Gasteiger partial charge in [-0.2, -0.15) is 0 Å². The fourth-order valence-electron chi connectivity index (χ4n) is 3.74. The number of ether oxygens (including phenoxy) is 5. The topological polar surface area (TPSA) is 202 Å². The fraction of sp³-hybridized carbons (Fsp3) is 0.909. The van der Waals surface area contributed by atoms with Crippen molar-refractivity contribution in [1.82, 2.24) is 0 Å². The zero-order chi connectivity index (χ0) is 26.2. The Bertz CT molecular complexity index is 676. The molecule has 0 amide bonds. The van der Waals surface area contributed by atoms with Crippen LogP contribution in [0, 0.1) is 0 Å². The number of hydrogen-bond donors (Lipinski definition) is 6. The summed E-state index contributed by atoms with van der Waals surface area (Å²) in [5, 5.41) is 61.6. The van der Waals surface area contributed by atoms with Gasteiger partial charge in [-0.1, -0.05) is 26.7 Å². The van der Waals surface area contributed by atoms with E-state index in [-0.39, 0.29) is 12.8 Å². The summed E-state index contributed by atoms with van der Waals surface area (Å²) >= 11 is 0. The van der Waals surface area contributed by atoms with E-state index in [0.29, 0.717) is 12.8 Å². The van der Waals surface area contributed by atoms with E-state index in [1.807, 2.05) is 13.8 Å². The molecule has 2 saturated heterocycles. The molecule has 0 spiro atoms. The third kappa shape index (κ3) is 7.54. The summed E-state index contributed by atoms with van der Waals surface area (Å²) in [6.07, 6.45) is -10.0. The standard InChI is InChI=1S/C22H38O13/c1-3-5-7-14(24)31-9-12-16(26)18(28)19(29)21(33-12)35-22(11-23)20(30)17(27)13(34-22)10-32-15(25)8-6-4-2/h12-13,16-21,23,26-30H,3-11H2,1-2H3/t12-,13-,16-,17-,18+,19-,20+,21-,22+/m1/s1. The van der Waals surface area contributed by atoms with Crippen LogP contribution in [0.3, 0.4) is 0 Å². The van der Waals surface area contributed by atoms with Crippen molar-refractivity contribution in [2.24, 2.45) is 0 Å². The third-order valence-corrected chi connectivity index (χ3v) is 6.00. The van der Waals surface area contributed by atoms with E-state index in [2.05, 4.69) is 0 Å². The quantitative estimate of drug-likeness (QED) is 0.150. The Kier molecular flexibility index (Phi) is 11.7. The lowest BCUT2D eigenvalue weighted by atomic mass is 9.99. The highest BCUT2D eigenvalue weighted by atomic mass is 16.8. The maximum atomic E-state index is 11.8. The summed E-state index contributed by atoms with van der Waals surface area (Å²) in [5.41, 5.74) is 0. The van der Waals surface area contributed by atoms with Crippen LogP contribution in [0.1, 0.15) is 52.4 Å². The number of aliphatic hydroxyl groups excluding tert-OH is 6. The SMILES string of the molecule is CCCCC(=O)OC[C@H]1O[C@@](CO)(O[C@H]2O[C@H](COC(=O)CCCC)[C@@H](O)[C@H](O)[C@H]2O)[C@@H](O)[C@@H]1O. The molecule has 2 fully saturated rings. The maximum absolute atomic E-state index is 11.8. The van der Waals surface area contributed by atoms with E-state index in [1.54, 1.807) is 0 Å². The van der Waals surface area contributed by atoms with Crippen molar-refractivity contribution in [1.29, 1.82) is 0 Å². The number of rotatable bonds is 13. The number of carbonyl (C=O) groups excluding carboxylic acids is 2. The minimum absolute atomic E-state index is 0.153. The van der Waals surface area contributed by atoms with Gasteiger partial charge in [0, 0.05) is 12.8 Å². The molecule has 0 aliphatic carbocycles. The minimum atomic E-state index is -2.31. The van der Waals surface area contributed by atoms with Crippen molar-refractivity contribution < 1.29 is 63.9 Å². The summed E-state index contributed by atoms with van der Waals surface area (Å²) in [7, 11) is 0. The van der Waals surface area contributed by atoms with Crippen molar-refractivity contribution in [3.05, 3.63) is 0 Å². The van der Waals surface area contributed by atoms with Crippen molar-refractivity contribution in [2.45, 2.75) is 107 Å². The van der Waals surface area contributed by atoms with Crippen LogP contribution in [0.5, 0.6) is 0 Å². The highest BCUT2D eigenvalue weighted by Crippen LogP contribution is 2.36. The first-order valence-electron chi connectivity index (χ1n) is 11.9.